The van der Waals surface area contributed by atoms with Crippen molar-refractivity contribution < 1.29 is 4.79 Å². The minimum absolute atomic E-state index is 0.0627. The molecule has 0 atom stereocenters. The fraction of sp³-hybridized carbons (Fsp3) is 0.533. The van der Waals surface area contributed by atoms with Crippen molar-refractivity contribution >= 4 is 11.6 Å². The highest BCUT2D eigenvalue weighted by molar-refractivity contribution is 5.90. The zero-order chi connectivity index (χ0) is 13.5. The summed E-state index contributed by atoms with van der Waals surface area (Å²) in [5.74, 6) is 0.0627. The lowest BCUT2D eigenvalue weighted by Gasteiger charge is -2.15. The summed E-state index contributed by atoms with van der Waals surface area (Å²) in [6.45, 7) is 4.08. The largest absolute Gasteiger partial charge is 0.326 e. The first-order valence-corrected chi connectivity index (χ1v) is 7.03. The van der Waals surface area contributed by atoms with Crippen molar-refractivity contribution in [3.8, 4) is 0 Å². The number of nitrogens with zero attached hydrogens (tertiary/aromatic N) is 1. The zero-order valence-corrected chi connectivity index (χ0v) is 11.6. The third-order valence-corrected chi connectivity index (χ3v) is 3.42. The van der Waals surface area contributed by atoms with Gasteiger partial charge in [-0.05, 0) is 50.7 Å². The molecule has 0 bridgehead atoms. The van der Waals surface area contributed by atoms with E-state index >= 15 is 0 Å². The van der Waals surface area contributed by atoms with E-state index in [-0.39, 0.29) is 5.91 Å². The van der Waals surface area contributed by atoms with E-state index in [2.05, 4.69) is 27.7 Å². The Hall–Kier alpha value is -1.39. The van der Waals surface area contributed by atoms with Crippen LogP contribution >= 0.6 is 0 Å². The molecule has 1 fully saturated rings. The van der Waals surface area contributed by atoms with Gasteiger partial charge < -0.3 is 10.6 Å². The Bertz CT molecular complexity index is 414. The molecular formula is C15H23N3O. The number of anilines is 1. The molecule has 0 spiro atoms. The summed E-state index contributed by atoms with van der Waals surface area (Å²) in [7, 11) is 1.85. The number of amides is 1. The summed E-state index contributed by atoms with van der Waals surface area (Å²) in [5.41, 5.74) is 2.17. The standard InChI is InChI=1S/C15H23N3O/c1-16-8-7-15(19)17-14-6-4-5-13(11-14)12-18-9-2-3-10-18/h4-6,11,16H,2-3,7-10,12H2,1H3,(H,17,19). The fourth-order valence-electron chi connectivity index (χ4n) is 2.41. The number of carbonyl (C=O) groups excluding carboxylic acids is 1. The SMILES string of the molecule is CNCCC(=O)Nc1cccc(CN2CCCC2)c1. The molecule has 1 aromatic rings. The number of hydrogen-bond donors (Lipinski definition) is 2. The second kappa shape index (κ2) is 7.26. The van der Waals surface area contributed by atoms with Crippen LogP contribution in [0.5, 0.6) is 0 Å². The molecule has 2 rings (SSSR count). The highest BCUT2D eigenvalue weighted by atomic mass is 16.1. The maximum atomic E-state index is 11.7. The van der Waals surface area contributed by atoms with E-state index in [0.29, 0.717) is 13.0 Å². The molecule has 0 aromatic heterocycles. The van der Waals surface area contributed by atoms with Gasteiger partial charge in [-0.15, -0.1) is 0 Å². The number of benzene rings is 1. The summed E-state index contributed by atoms with van der Waals surface area (Å²) >= 11 is 0. The van der Waals surface area contributed by atoms with Crippen molar-refractivity contribution in [3.63, 3.8) is 0 Å². The topological polar surface area (TPSA) is 44.4 Å². The normalized spacial score (nSPS) is 15.6. The van der Waals surface area contributed by atoms with Crippen LogP contribution in [0.15, 0.2) is 24.3 Å². The molecule has 19 heavy (non-hydrogen) atoms. The van der Waals surface area contributed by atoms with Crippen LogP contribution in [0.2, 0.25) is 0 Å². The van der Waals surface area contributed by atoms with Crippen LogP contribution in [-0.4, -0.2) is 37.5 Å². The zero-order valence-electron chi connectivity index (χ0n) is 11.6. The minimum Gasteiger partial charge on any atom is -0.326 e. The Balaban J connectivity index is 1.88. The van der Waals surface area contributed by atoms with E-state index < -0.39 is 0 Å². The number of carbonyl (C=O) groups is 1. The van der Waals surface area contributed by atoms with Gasteiger partial charge in [0.15, 0.2) is 0 Å². The molecule has 1 aromatic carbocycles. The maximum Gasteiger partial charge on any atom is 0.225 e. The number of rotatable bonds is 6. The third-order valence-electron chi connectivity index (χ3n) is 3.42. The van der Waals surface area contributed by atoms with Gasteiger partial charge >= 0.3 is 0 Å². The lowest BCUT2D eigenvalue weighted by Crippen LogP contribution is -2.20. The van der Waals surface area contributed by atoms with Gasteiger partial charge in [-0.3, -0.25) is 9.69 Å². The van der Waals surface area contributed by atoms with Crippen molar-refractivity contribution in [2.24, 2.45) is 0 Å². The van der Waals surface area contributed by atoms with E-state index in [1.807, 2.05) is 19.2 Å². The average molecular weight is 261 g/mol. The van der Waals surface area contributed by atoms with Gasteiger partial charge in [-0.25, -0.2) is 0 Å². The first-order chi connectivity index (χ1) is 9.28. The smallest absolute Gasteiger partial charge is 0.225 e. The Morgan fingerprint density at radius 3 is 2.84 bits per heavy atom. The molecule has 104 valence electrons. The average Bonchev–Trinajstić information content (AvgIpc) is 2.89. The Morgan fingerprint density at radius 2 is 2.11 bits per heavy atom. The highest BCUT2D eigenvalue weighted by Gasteiger charge is 2.11. The maximum absolute atomic E-state index is 11.7. The Kier molecular flexibility index (Phi) is 5.36. The molecule has 1 heterocycles. The molecule has 1 aliphatic heterocycles. The first-order valence-electron chi connectivity index (χ1n) is 7.03. The van der Waals surface area contributed by atoms with Crippen LogP contribution in [0.4, 0.5) is 5.69 Å². The van der Waals surface area contributed by atoms with Gasteiger partial charge in [0.2, 0.25) is 5.91 Å². The van der Waals surface area contributed by atoms with Crippen LogP contribution in [0, 0.1) is 0 Å². The molecule has 0 aliphatic carbocycles. The van der Waals surface area contributed by atoms with Crippen LogP contribution in [0.25, 0.3) is 0 Å². The van der Waals surface area contributed by atoms with Crippen LogP contribution in [-0.2, 0) is 11.3 Å². The van der Waals surface area contributed by atoms with Crippen LogP contribution in [0.1, 0.15) is 24.8 Å². The fourth-order valence-corrected chi connectivity index (χ4v) is 2.41. The van der Waals surface area contributed by atoms with Gasteiger partial charge in [0, 0.05) is 25.2 Å². The summed E-state index contributed by atoms with van der Waals surface area (Å²) < 4.78 is 0. The minimum atomic E-state index is 0.0627. The van der Waals surface area contributed by atoms with E-state index in [0.717, 1.165) is 12.2 Å². The molecule has 1 aliphatic rings. The van der Waals surface area contributed by atoms with Gasteiger partial charge in [0.1, 0.15) is 0 Å². The third kappa shape index (κ3) is 4.65. The lowest BCUT2D eigenvalue weighted by molar-refractivity contribution is -0.116. The van der Waals surface area contributed by atoms with Gasteiger partial charge in [-0.2, -0.15) is 0 Å². The van der Waals surface area contributed by atoms with Crippen LogP contribution in [0.3, 0.4) is 0 Å². The molecule has 1 saturated heterocycles. The lowest BCUT2D eigenvalue weighted by atomic mass is 10.2. The van der Waals surface area contributed by atoms with Crippen molar-refractivity contribution in [1.82, 2.24) is 10.2 Å². The van der Waals surface area contributed by atoms with E-state index in [9.17, 15) is 4.79 Å². The Morgan fingerprint density at radius 1 is 1.32 bits per heavy atom. The number of hydrogen-bond acceptors (Lipinski definition) is 3. The molecule has 1 amide bonds. The predicted octanol–water partition coefficient (Wildman–Crippen LogP) is 1.83. The van der Waals surface area contributed by atoms with Gasteiger partial charge in [0.25, 0.3) is 0 Å². The van der Waals surface area contributed by atoms with Crippen molar-refractivity contribution in [2.75, 3.05) is 32.0 Å². The molecule has 0 unspecified atom stereocenters. The van der Waals surface area contributed by atoms with Crippen molar-refractivity contribution in [3.05, 3.63) is 29.8 Å². The molecule has 4 nitrogen and oxygen atoms in total. The van der Waals surface area contributed by atoms with Crippen molar-refractivity contribution in [2.45, 2.75) is 25.8 Å². The molecule has 2 N–H and O–H groups in total. The van der Waals surface area contributed by atoms with Crippen LogP contribution < -0.4 is 10.6 Å². The Labute approximate surface area is 115 Å². The monoisotopic (exact) mass is 261 g/mol. The second-order valence-corrected chi connectivity index (χ2v) is 5.09. The molecule has 0 radical (unpaired) electrons. The second-order valence-electron chi connectivity index (χ2n) is 5.09. The first kappa shape index (κ1) is 14.0. The number of nitrogens with one attached hydrogen (secondary N) is 2. The summed E-state index contributed by atoms with van der Waals surface area (Å²) in [6, 6.07) is 8.17. The van der Waals surface area contributed by atoms with E-state index in [4.69, 9.17) is 0 Å². The molecule has 4 heteroatoms. The summed E-state index contributed by atoms with van der Waals surface area (Å²) in [5, 5.41) is 5.92. The van der Waals surface area contributed by atoms with Crippen molar-refractivity contribution in [1.29, 1.82) is 0 Å². The van der Waals surface area contributed by atoms with E-state index in [1.165, 1.54) is 31.5 Å². The molecule has 0 saturated carbocycles. The predicted molar refractivity (Wildman–Crippen MR) is 78.1 cm³/mol. The quantitative estimate of drug-likeness (QED) is 0.821. The summed E-state index contributed by atoms with van der Waals surface area (Å²) in [6.07, 6.45) is 3.12. The number of likely N-dealkylation sites (tertiary alicyclic amines) is 1. The van der Waals surface area contributed by atoms with Gasteiger partial charge in [-0.1, -0.05) is 12.1 Å². The van der Waals surface area contributed by atoms with E-state index in [1.54, 1.807) is 0 Å². The van der Waals surface area contributed by atoms with Gasteiger partial charge in [0.05, 0.1) is 0 Å². The molecular weight excluding hydrogens is 238 g/mol. The summed E-state index contributed by atoms with van der Waals surface area (Å²) in [4.78, 5) is 14.1. The highest BCUT2D eigenvalue weighted by Crippen LogP contribution is 2.16.